The fraction of sp³-hybridized carbons (Fsp3) is 0.500. The fourth-order valence-corrected chi connectivity index (χ4v) is 3.83. The normalized spacial score (nSPS) is 16.0. The van der Waals surface area contributed by atoms with Crippen molar-refractivity contribution in [1.29, 1.82) is 0 Å². The van der Waals surface area contributed by atoms with Crippen LogP contribution in [0, 0.1) is 5.92 Å². The number of nitrogens with zero attached hydrogens (tertiary/aromatic N) is 4. The molecule has 0 spiro atoms. The summed E-state index contributed by atoms with van der Waals surface area (Å²) in [4.78, 5) is 9.34. The third-order valence-electron chi connectivity index (χ3n) is 5.56. The number of aromatic nitrogens is 4. The van der Waals surface area contributed by atoms with Gasteiger partial charge < -0.3 is 10.1 Å². The van der Waals surface area contributed by atoms with Gasteiger partial charge in [-0.3, -0.25) is 0 Å². The quantitative estimate of drug-likeness (QED) is 0.626. The lowest BCUT2D eigenvalue weighted by Gasteiger charge is -2.17. The van der Waals surface area contributed by atoms with E-state index in [4.69, 9.17) is 4.74 Å². The molecule has 3 aromatic rings. The molecule has 6 nitrogen and oxygen atoms in total. The van der Waals surface area contributed by atoms with E-state index in [-0.39, 0.29) is 6.04 Å². The van der Waals surface area contributed by atoms with E-state index in [2.05, 4.69) is 53.3 Å². The summed E-state index contributed by atoms with van der Waals surface area (Å²) in [5.74, 6) is 1.61. The zero-order valence-corrected chi connectivity index (χ0v) is 16.9. The number of anilines is 1. The van der Waals surface area contributed by atoms with Crippen molar-refractivity contribution in [1.82, 2.24) is 19.6 Å². The van der Waals surface area contributed by atoms with Crippen molar-refractivity contribution in [3.63, 3.8) is 0 Å². The first-order valence-corrected chi connectivity index (χ1v) is 10.3. The van der Waals surface area contributed by atoms with Crippen molar-refractivity contribution < 1.29 is 4.74 Å². The molecule has 6 heteroatoms. The van der Waals surface area contributed by atoms with E-state index >= 15 is 0 Å². The van der Waals surface area contributed by atoms with E-state index in [9.17, 15) is 0 Å². The lowest BCUT2D eigenvalue weighted by molar-refractivity contribution is 0.234. The van der Waals surface area contributed by atoms with E-state index in [1.807, 2.05) is 24.4 Å². The summed E-state index contributed by atoms with van der Waals surface area (Å²) < 4.78 is 7.82. The minimum atomic E-state index is 0.0914. The molecule has 0 amide bonds. The molecule has 28 heavy (non-hydrogen) atoms. The van der Waals surface area contributed by atoms with Crippen molar-refractivity contribution in [2.24, 2.45) is 5.92 Å². The molecule has 1 N–H and O–H groups in total. The molecule has 1 fully saturated rings. The van der Waals surface area contributed by atoms with Gasteiger partial charge >= 0.3 is 6.01 Å². The first kappa shape index (κ1) is 18.7. The van der Waals surface area contributed by atoms with Gasteiger partial charge in [-0.25, -0.2) is 0 Å². The fourth-order valence-electron chi connectivity index (χ4n) is 3.83. The molecule has 0 aliphatic heterocycles. The van der Waals surface area contributed by atoms with Crippen LogP contribution < -0.4 is 10.1 Å². The highest BCUT2D eigenvalue weighted by atomic mass is 16.5. The predicted molar refractivity (Wildman–Crippen MR) is 111 cm³/mol. The SMILES string of the molecule is CC(C)c1cnn2c(N[C@@H](C)c3ccccc3)nc(OCC3CCCC3)nc12. The summed E-state index contributed by atoms with van der Waals surface area (Å²) in [6, 6.07) is 10.9. The zero-order valence-electron chi connectivity index (χ0n) is 16.9. The van der Waals surface area contributed by atoms with Crippen LogP contribution in [0.15, 0.2) is 36.5 Å². The Labute approximate surface area is 166 Å². The first-order valence-electron chi connectivity index (χ1n) is 10.3. The monoisotopic (exact) mass is 379 g/mol. The molecule has 0 radical (unpaired) electrons. The molecule has 4 rings (SSSR count). The van der Waals surface area contributed by atoms with Gasteiger partial charge in [0.2, 0.25) is 5.95 Å². The second kappa shape index (κ2) is 8.17. The smallest absolute Gasteiger partial charge is 0.321 e. The molecule has 0 bridgehead atoms. The maximum atomic E-state index is 6.03. The van der Waals surface area contributed by atoms with E-state index in [0.29, 0.717) is 30.4 Å². The molecular formula is C22H29N5O. The lowest BCUT2D eigenvalue weighted by atomic mass is 10.1. The number of fused-ring (bicyclic) bond motifs is 1. The van der Waals surface area contributed by atoms with Crippen molar-refractivity contribution in [3.05, 3.63) is 47.7 Å². The van der Waals surface area contributed by atoms with E-state index < -0.39 is 0 Å². The largest absolute Gasteiger partial charge is 0.463 e. The Morgan fingerprint density at radius 1 is 1.11 bits per heavy atom. The van der Waals surface area contributed by atoms with Crippen LogP contribution >= 0.6 is 0 Å². The Kier molecular flexibility index (Phi) is 5.46. The van der Waals surface area contributed by atoms with Gasteiger partial charge in [-0.1, -0.05) is 57.0 Å². The van der Waals surface area contributed by atoms with Gasteiger partial charge in [0.05, 0.1) is 18.8 Å². The van der Waals surface area contributed by atoms with Crippen molar-refractivity contribution >= 4 is 11.6 Å². The number of rotatable bonds is 7. The molecule has 0 saturated heterocycles. The van der Waals surface area contributed by atoms with E-state index in [1.54, 1.807) is 4.52 Å². The highest BCUT2D eigenvalue weighted by Gasteiger charge is 2.20. The molecule has 2 heterocycles. The number of nitrogens with one attached hydrogen (secondary N) is 1. The number of hydrogen-bond donors (Lipinski definition) is 1. The summed E-state index contributed by atoms with van der Waals surface area (Å²) in [5.41, 5.74) is 3.11. The van der Waals surface area contributed by atoms with E-state index in [0.717, 1.165) is 11.2 Å². The van der Waals surface area contributed by atoms with Crippen LogP contribution in [-0.2, 0) is 0 Å². The van der Waals surface area contributed by atoms with Crippen LogP contribution in [0.4, 0.5) is 5.95 Å². The molecule has 1 aliphatic rings. The average Bonchev–Trinajstić information content (AvgIpc) is 3.37. The Bertz CT molecular complexity index is 915. The maximum absolute atomic E-state index is 6.03. The maximum Gasteiger partial charge on any atom is 0.321 e. The van der Waals surface area contributed by atoms with Gasteiger partial charge in [-0.05, 0) is 37.2 Å². The summed E-state index contributed by atoms with van der Waals surface area (Å²) >= 11 is 0. The first-order chi connectivity index (χ1) is 13.6. The van der Waals surface area contributed by atoms with Crippen LogP contribution in [0.5, 0.6) is 6.01 Å². The standard InChI is InChI=1S/C22H29N5O/c1-15(2)19-13-23-27-20(19)25-22(28-14-17-9-7-8-10-17)26-21(27)24-16(3)18-11-5-4-6-12-18/h4-6,11-13,15-17H,7-10,14H2,1-3H3,(H,24,25,26)/t16-/m0/s1. The third-order valence-corrected chi connectivity index (χ3v) is 5.56. The molecule has 1 saturated carbocycles. The third kappa shape index (κ3) is 3.96. The van der Waals surface area contributed by atoms with Crippen molar-refractivity contribution in [3.8, 4) is 6.01 Å². The van der Waals surface area contributed by atoms with Crippen molar-refractivity contribution in [2.45, 2.75) is 58.4 Å². The Hall–Kier alpha value is -2.63. The molecular weight excluding hydrogens is 350 g/mol. The van der Waals surface area contributed by atoms with Crippen LogP contribution in [0.25, 0.3) is 5.65 Å². The molecule has 1 atom stereocenters. The summed E-state index contributed by atoms with van der Waals surface area (Å²) in [5, 5.41) is 8.03. The van der Waals surface area contributed by atoms with Gasteiger partial charge in [0.1, 0.15) is 0 Å². The topological polar surface area (TPSA) is 64.3 Å². The number of hydrogen-bond acceptors (Lipinski definition) is 5. The number of ether oxygens (including phenoxy) is 1. The molecule has 1 aromatic carbocycles. The highest BCUT2D eigenvalue weighted by Crippen LogP contribution is 2.27. The number of benzene rings is 1. The Morgan fingerprint density at radius 2 is 1.86 bits per heavy atom. The lowest BCUT2D eigenvalue weighted by Crippen LogP contribution is -2.15. The van der Waals surface area contributed by atoms with E-state index in [1.165, 1.54) is 31.2 Å². The van der Waals surface area contributed by atoms with Gasteiger partial charge in [0, 0.05) is 5.56 Å². The van der Waals surface area contributed by atoms with Crippen molar-refractivity contribution in [2.75, 3.05) is 11.9 Å². The summed E-state index contributed by atoms with van der Waals surface area (Å²) in [7, 11) is 0. The molecule has 2 aromatic heterocycles. The molecule has 148 valence electrons. The Morgan fingerprint density at radius 3 is 2.57 bits per heavy atom. The van der Waals surface area contributed by atoms with Crippen LogP contribution in [0.2, 0.25) is 0 Å². The van der Waals surface area contributed by atoms with Gasteiger partial charge in [-0.15, -0.1) is 0 Å². The minimum absolute atomic E-state index is 0.0914. The average molecular weight is 380 g/mol. The van der Waals surface area contributed by atoms with Crippen LogP contribution in [0.1, 0.15) is 69.5 Å². The van der Waals surface area contributed by atoms with Crippen LogP contribution in [-0.4, -0.2) is 26.2 Å². The predicted octanol–water partition coefficient (Wildman–Crippen LogP) is 4.99. The second-order valence-electron chi connectivity index (χ2n) is 8.06. The Balaban J connectivity index is 1.64. The zero-order chi connectivity index (χ0) is 19.5. The second-order valence-corrected chi connectivity index (χ2v) is 8.06. The van der Waals surface area contributed by atoms with Crippen LogP contribution in [0.3, 0.4) is 0 Å². The molecule has 1 aliphatic carbocycles. The summed E-state index contributed by atoms with van der Waals surface area (Å²) in [6.07, 6.45) is 6.96. The minimum Gasteiger partial charge on any atom is -0.463 e. The summed E-state index contributed by atoms with van der Waals surface area (Å²) in [6.45, 7) is 7.11. The van der Waals surface area contributed by atoms with Gasteiger partial charge in [-0.2, -0.15) is 19.6 Å². The molecule has 0 unspecified atom stereocenters. The highest BCUT2D eigenvalue weighted by molar-refractivity contribution is 5.53. The van der Waals surface area contributed by atoms with Gasteiger partial charge in [0.15, 0.2) is 5.65 Å². The van der Waals surface area contributed by atoms with Gasteiger partial charge in [0.25, 0.3) is 0 Å².